The van der Waals surface area contributed by atoms with E-state index in [1.54, 1.807) is 0 Å². The first-order valence-corrected chi connectivity index (χ1v) is 3.99. The number of hydrogen-bond acceptors (Lipinski definition) is 2. The third-order valence-electron chi connectivity index (χ3n) is 1.30. The molecule has 0 unspecified atom stereocenters. The molecular weight excluding hydrogens is 213 g/mol. The number of alkyl halides is 3. The molecule has 1 aromatic heterocycles. The Kier molecular flexibility index (Phi) is 5.46. The summed E-state index contributed by atoms with van der Waals surface area (Å²) in [5, 5.41) is 7.12. The lowest BCUT2D eigenvalue weighted by atomic mass is 10.6. The quantitative estimate of drug-likeness (QED) is 0.789. The fourth-order valence-corrected chi connectivity index (χ4v) is 0.668. The van der Waals surface area contributed by atoms with E-state index in [1.807, 2.05) is 24.5 Å². The lowest BCUT2D eigenvalue weighted by Gasteiger charge is -1.95. The zero-order valence-corrected chi connectivity index (χ0v) is 7.74. The third kappa shape index (κ3) is 6.55. The molecule has 4 nitrogen and oxygen atoms in total. The maximum atomic E-state index is 10.6. The highest BCUT2D eigenvalue weighted by Crippen LogP contribution is 2.13. The van der Waals surface area contributed by atoms with Crippen molar-refractivity contribution in [2.75, 3.05) is 6.54 Å². The number of carbonyl (C=O) groups is 1. The SMILES string of the molecule is NCCn1cccc1.O=C(O)C(F)(F)F. The van der Waals surface area contributed by atoms with Crippen molar-refractivity contribution in [2.45, 2.75) is 12.7 Å². The molecule has 0 aliphatic rings. The first-order chi connectivity index (χ1) is 6.88. The standard InChI is InChI=1S/C6H10N2.C2HF3O2/c7-3-6-8-4-1-2-5-8;3-2(4,5)1(6)7/h1-2,4-5H,3,6-7H2;(H,6,7). The smallest absolute Gasteiger partial charge is 0.475 e. The number of hydrogen-bond donors (Lipinski definition) is 2. The van der Waals surface area contributed by atoms with Gasteiger partial charge in [0.05, 0.1) is 0 Å². The Morgan fingerprint density at radius 1 is 1.33 bits per heavy atom. The predicted octanol–water partition coefficient (Wildman–Crippen LogP) is 1.08. The summed E-state index contributed by atoms with van der Waals surface area (Å²) in [5.74, 6) is -2.76. The minimum Gasteiger partial charge on any atom is -0.475 e. The number of carboxylic acid groups (broad SMARTS) is 1. The first-order valence-electron chi connectivity index (χ1n) is 3.99. The van der Waals surface area contributed by atoms with Crippen molar-refractivity contribution in [3.63, 3.8) is 0 Å². The van der Waals surface area contributed by atoms with E-state index in [-0.39, 0.29) is 0 Å². The van der Waals surface area contributed by atoms with E-state index in [2.05, 4.69) is 4.57 Å². The van der Waals surface area contributed by atoms with Crippen molar-refractivity contribution in [1.29, 1.82) is 0 Å². The van der Waals surface area contributed by atoms with E-state index in [9.17, 15) is 13.2 Å². The molecule has 1 rings (SSSR count). The largest absolute Gasteiger partial charge is 0.490 e. The van der Waals surface area contributed by atoms with Crippen LogP contribution in [0.3, 0.4) is 0 Å². The predicted molar refractivity (Wildman–Crippen MR) is 47.2 cm³/mol. The average molecular weight is 224 g/mol. The Bertz CT molecular complexity index is 283. The number of halogens is 3. The highest BCUT2D eigenvalue weighted by Gasteiger charge is 2.38. The van der Waals surface area contributed by atoms with E-state index < -0.39 is 12.1 Å². The van der Waals surface area contributed by atoms with Gasteiger partial charge in [0.15, 0.2) is 0 Å². The van der Waals surface area contributed by atoms with Gasteiger partial charge in [-0.05, 0) is 12.1 Å². The fraction of sp³-hybridized carbons (Fsp3) is 0.375. The molecule has 1 aromatic rings. The molecule has 0 atom stereocenters. The van der Waals surface area contributed by atoms with Crippen LogP contribution in [0.2, 0.25) is 0 Å². The van der Waals surface area contributed by atoms with Gasteiger partial charge in [-0.15, -0.1) is 0 Å². The number of rotatable bonds is 2. The topological polar surface area (TPSA) is 68.2 Å². The van der Waals surface area contributed by atoms with Crippen LogP contribution in [0, 0.1) is 0 Å². The van der Waals surface area contributed by atoms with Gasteiger partial charge >= 0.3 is 12.1 Å². The van der Waals surface area contributed by atoms with Crippen LogP contribution in [0.15, 0.2) is 24.5 Å². The summed E-state index contributed by atoms with van der Waals surface area (Å²) in [6.45, 7) is 1.64. The van der Waals surface area contributed by atoms with Crippen molar-refractivity contribution in [3.8, 4) is 0 Å². The van der Waals surface area contributed by atoms with Crippen molar-refractivity contribution in [2.24, 2.45) is 5.73 Å². The van der Waals surface area contributed by atoms with Crippen LogP contribution in [0.4, 0.5) is 13.2 Å². The summed E-state index contributed by atoms with van der Waals surface area (Å²) in [5.41, 5.74) is 5.30. The zero-order chi connectivity index (χ0) is 11.9. The summed E-state index contributed by atoms with van der Waals surface area (Å²) in [7, 11) is 0. The highest BCUT2D eigenvalue weighted by molar-refractivity contribution is 5.73. The van der Waals surface area contributed by atoms with E-state index in [0.717, 1.165) is 6.54 Å². The number of nitrogens with zero attached hydrogens (tertiary/aromatic N) is 1. The molecule has 0 bridgehead atoms. The van der Waals surface area contributed by atoms with Gasteiger partial charge < -0.3 is 15.4 Å². The van der Waals surface area contributed by atoms with Gasteiger partial charge in [0.1, 0.15) is 0 Å². The van der Waals surface area contributed by atoms with Crippen LogP contribution in [-0.4, -0.2) is 28.4 Å². The van der Waals surface area contributed by atoms with Gasteiger partial charge in [0.25, 0.3) is 0 Å². The molecule has 0 saturated carbocycles. The monoisotopic (exact) mass is 224 g/mol. The summed E-state index contributed by atoms with van der Waals surface area (Å²) < 4.78 is 33.8. The van der Waals surface area contributed by atoms with Crippen LogP contribution in [0.1, 0.15) is 0 Å². The second kappa shape index (κ2) is 6.07. The molecule has 0 saturated heterocycles. The van der Waals surface area contributed by atoms with Crippen LogP contribution in [-0.2, 0) is 11.3 Å². The van der Waals surface area contributed by atoms with Crippen LogP contribution >= 0.6 is 0 Å². The van der Waals surface area contributed by atoms with Gasteiger partial charge in [-0.2, -0.15) is 13.2 Å². The maximum absolute atomic E-state index is 10.6. The van der Waals surface area contributed by atoms with E-state index in [0.29, 0.717) is 6.54 Å². The third-order valence-corrected chi connectivity index (χ3v) is 1.30. The Balaban J connectivity index is 0.000000265. The maximum Gasteiger partial charge on any atom is 0.490 e. The molecule has 7 heteroatoms. The minimum absolute atomic E-state index is 0.717. The minimum atomic E-state index is -5.08. The molecule has 0 spiro atoms. The lowest BCUT2D eigenvalue weighted by molar-refractivity contribution is -0.192. The number of aliphatic carboxylic acids is 1. The number of carboxylic acids is 1. The second-order valence-corrected chi connectivity index (χ2v) is 2.51. The van der Waals surface area contributed by atoms with Crippen molar-refractivity contribution in [3.05, 3.63) is 24.5 Å². The summed E-state index contributed by atoms with van der Waals surface area (Å²) >= 11 is 0. The van der Waals surface area contributed by atoms with Gasteiger partial charge in [-0.25, -0.2) is 4.79 Å². The van der Waals surface area contributed by atoms with Crippen molar-refractivity contribution >= 4 is 5.97 Å². The normalized spacial score (nSPS) is 10.4. The average Bonchev–Trinajstić information content (AvgIpc) is 2.57. The molecule has 0 fully saturated rings. The number of aromatic nitrogens is 1. The zero-order valence-electron chi connectivity index (χ0n) is 7.74. The van der Waals surface area contributed by atoms with Crippen molar-refractivity contribution in [1.82, 2.24) is 4.57 Å². The first kappa shape index (κ1) is 13.5. The molecule has 0 radical (unpaired) electrons. The van der Waals surface area contributed by atoms with E-state index in [1.165, 1.54) is 0 Å². The van der Waals surface area contributed by atoms with Gasteiger partial charge in [-0.3, -0.25) is 0 Å². The molecule has 0 aliphatic carbocycles. The van der Waals surface area contributed by atoms with Gasteiger partial charge in [-0.1, -0.05) is 0 Å². The van der Waals surface area contributed by atoms with Crippen LogP contribution < -0.4 is 5.73 Å². The fourth-order valence-electron chi connectivity index (χ4n) is 0.668. The lowest BCUT2D eigenvalue weighted by Crippen LogP contribution is -2.21. The van der Waals surface area contributed by atoms with E-state index in [4.69, 9.17) is 15.6 Å². The Hall–Kier alpha value is -1.50. The molecule has 1 heterocycles. The Labute approximate surface area is 84.1 Å². The Morgan fingerprint density at radius 3 is 2.00 bits per heavy atom. The summed E-state index contributed by atoms with van der Waals surface area (Å²) in [6.07, 6.45) is -1.07. The van der Waals surface area contributed by atoms with E-state index >= 15 is 0 Å². The summed E-state index contributed by atoms with van der Waals surface area (Å²) in [4.78, 5) is 8.90. The van der Waals surface area contributed by atoms with Crippen LogP contribution in [0.5, 0.6) is 0 Å². The second-order valence-electron chi connectivity index (χ2n) is 2.51. The molecule has 15 heavy (non-hydrogen) atoms. The van der Waals surface area contributed by atoms with Gasteiger partial charge in [0, 0.05) is 25.5 Å². The Morgan fingerprint density at radius 2 is 1.73 bits per heavy atom. The van der Waals surface area contributed by atoms with Gasteiger partial charge in [0.2, 0.25) is 0 Å². The van der Waals surface area contributed by atoms with Crippen molar-refractivity contribution < 1.29 is 23.1 Å². The number of nitrogens with two attached hydrogens (primary N) is 1. The molecule has 0 aliphatic heterocycles. The molecule has 3 N–H and O–H groups in total. The molecule has 86 valence electrons. The molecule has 0 aromatic carbocycles. The summed E-state index contributed by atoms with van der Waals surface area (Å²) in [6, 6.07) is 3.99. The van der Waals surface area contributed by atoms with Crippen LogP contribution in [0.25, 0.3) is 0 Å². The highest BCUT2D eigenvalue weighted by atomic mass is 19.4. The molecule has 0 amide bonds. The molecular formula is C8H11F3N2O2.